The minimum Gasteiger partial charge on any atom is -0.493 e. The number of carbonyl (C=O) groups excluding carboxylic acids is 1. The molecule has 3 aliphatic rings. The molecule has 0 unspecified atom stereocenters. The largest absolute Gasteiger partial charge is 0.493 e. The van der Waals surface area contributed by atoms with E-state index in [0.29, 0.717) is 12.0 Å². The Bertz CT molecular complexity index is 1030. The Kier molecular flexibility index (Phi) is 4.58. The summed E-state index contributed by atoms with van der Waals surface area (Å²) in [5.74, 6) is 1.33. The third kappa shape index (κ3) is 3.00. The molecule has 0 saturated carbocycles. The maximum absolute atomic E-state index is 12.7. The molecule has 5 nitrogen and oxygen atoms in total. The standard InChI is InChI=1S/C25H27NO4/c1-16-5-4-6-17(13-16)24(27)29-19-9-10-25-11-12-26(2)15-18-7-8-20(28-3)23(22(18)25)30-21(25)14-19/h4-10,13,19,21H,11-12,14-15H2,1-3H3/t19-,21-,25-/m0/s1. The highest BCUT2D eigenvalue weighted by molar-refractivity contribution is 5.89. The van der Waals surface area contributed by atoms with Gasteiger partial charge in [0.1, 0.15) is 12.2 Å². The van der Waals surface area contributed by atoms with Gasteiger partial charge in [0.15, 0.2) is 11.5 Å². The number of ether oxygens (including phenoxy) is 3. The van der Waals surface area contributed by atoms with Gasteiger partial charge >= 0.3 is 5.97 Å². The topological polar surface area (TPSA) is 48.0 Å². The molecule has 2 heterocycles. The minimum absolute atomic E-state index is 0.0747. The molecule has 5 rings (SSSR count). The van der Waals surface area contributed by atoms with Crippen LogP contribution < -0.4 is 9.47 Å². The molecule has 2 aromatic carbocycles. The minimum atomic E-state index is -0.307. The van der Waals surface area contributed by atoms with Crippen molar-refractivity contribution < 1.29 is 19.0 Å². The fraction of sp³-hybridized carbons (Fsp3) is 0.400. The Morgan fingerprint density at radius 2 is 2.13 bits per heavy atom. The molecule has 0 aromatic heterocycles. The van der Waals surface area contributed by atoms with E-state index in [1.54, 1.807) is 13.2 Å². The molecular weight excluding hydrogens is 378 g/mol. The molecule has 2 aromatic rings. The van der Waals surface area contributed by atoms with E-state index < -0.39 is 0 Å². The molecule has 3 atom stereocenters. The van der Waals surface area contributed by atoms with Gasteiger partial charge in [0.25, 0.3) is 0 Å². The molecule has 1 aliphatic carbocycles. The lowest BCUT2D eigenvalue weighted by Gasteiger charge is -2.36. The molecule has 30 heavy (non-hydrogen) atoms. The quantitative estimate of drug-likeness (QED) is 0.570. The molecule has 2 aliphatic heterocycles. The number of methoxy groups -OCH3 is 1. The van der Waals surface area contributed by atoms with Gasteiger partial charge in [-0.3, -0.25) is 0 Å². The number of carbonyl (C=O) groups is 1. The summed E-state index contributed by atoms with van der Waals surface area (Å²) in [5, 5.41) is 0. The van der Waals surface area contributed by atoms with Crippen LogP contribution in [0.2, 0.25) is 0 Å². The third-order valence-corrected chi connectivity index (χ3v) is 6.64. The van der Waals surface area contributed by atoms with Crippen LogP contribution in [0.5, 0.6) is 11.5 Å². The first-order valence-electron chi connectivity index (χ1n) is 10.5. The van der Waals surface area contributed by atoms with Crippen molar-refractivity contribution in [3.8, 4) is 11.5 Å². The number of aryl methyl sites for hydroxylation is 1. The van der Waals surface area contributed by atoms with Crippen molar-refractivity contribution in [2.75, 3.05) is 20.7 Å². The van der Waals surface area contributed by atoms with E-state index in [2.05, 4.69) is 30.2 Å². The summed E-state index contributed by atoms with van der Waals surface area (Å²) in [6.07, 6.45) is 5.50. The van der Waals surface area contributed by atoms with Crippen LogP contribution in [0.25, 0.3) is 0 Å². The van der Waals surface area contributed by atoms with E-state index in [-0.39, 0.29) is 23.6 Å². The fourth-order valence-corrected chi connectivity index (χ4v) is 5.13. The van der Waals surface area contributed by atoms with E-state index in [0.717, 1.165) is 36.6 Å². The molecule has 0 radical (unpaired) electrons. The predicted octanol–water partition coefficient (Wildman–Crippen LogP) is 4.02. The third-order valence-electron chi connectivity index (χ3n) is 6.64. The number of esters is 1. The maximum Gasteiger partial charge on any atom is 0.338 e. The van der Waals surface area contributed by atoms with Crippen molar-refractivity contribution in [1.82, 2.24) is 4.90 Å². The second-order valence-electron chi connectivity index (χ2n) is 8.67. The summed E-state index contributed by atoms with van der Waals surface area (Å²) in [7, 11) is 3.84. The van der Waals surface area contributed by atoms with E-state index in [1.165, 1.54) is 11.1 Å². The molecule has 1 spiro atoms. The summed E-state index contributed by atoms with van der Waals surface area (Å²) in [6, 6.07) is 11.7. The lowest BCUT2D eigenvalue weighted by atomic mass is 9.69. The van der Waals surface area contributed by atoms with Gasteiger partial charge in [-0.2, -0.15) is 0 Å². The summed E-state index contributed by atoms with van der Waals surface area (Å²) in [5.41, 5.74) is 3.96. The smallest absolute Gasteiger partial charge is 0.338 e. The van der Waals surface area contributed by atoms with E-state index in [9.17, 15) is 4.79 Å². The van der Waals surface area contributed by atoms with Gasteiger partial charge in [-0.25, -0.2) is 4.79 Å². The molecule has 0 saturated heterocycles. The van der Waals surface area contributed by atoms with Gasteiger partial charge in [-0.1, -0.05) is 29.8 Å². The summed E-state index contributed by atoms with van der Waals surface area (Å²) >= 11 is 0. The first-order valence-corrected chi connectivity index (χ1v) is 10.5. The highest BCUT2D eigenvalue weighted by atomic mass is 16.6. The van der Waals surface area contributed by atoms with Gasteiger partial charge in [0.05, 0.1) is 18.1 Å². The Balaban J connectivity index is 1.46. The van der Waals surface area contributed by atoms with Crippen LogP contribution in [0.3, 0.4) is 0 Å². The monoisotopic (exact) mass is 405 g/mol. The van der Waals surface area contributed by atoms with Crippen LogP contribution in [0.15, 0.2) is 48.6 Å². The van der Waals surface area contributed by atoms with E-state index >= 15 is 0 Å². The highest BCUT2D eigenvalue weighted by Crippen LogP contribution is 2.55. The van der Waals surface area contributed by atoms with E-state index in [1.807, 2.05) is 31.2 Å². The van der Waals surface area contributed by atoms with Crippen molar-refractivity contribution in [3.05, 3.63) is 70.8 Å². The molecule has 0 N–H and O–H groups in total. The number of hydrogen-bond donors (Lipinski definition) is 0. The van der Waals surface area contributed by atoms with Crippen molar-refractivity contribution in [2.45, 2.75) is 43.9 Å². The molecule has 0 fully saturated rings. The maximum atomic E-state index is 12.7. The zero-order valence-corrected chi connectivity index (χ0v) is 17.7. The number of hydrogen-bond acceptors (Lipinski definition) is 5. The zero-order chi connectivity index (χ0) is 20.9. The fourth-order valence-electron chi connectivity index (χ4n) is 5.13. The van der Waals surface area contributed by atoms with Gasteiger partial charge in [-0.15, -0.1) is 0 Å². The molecule has 0 amide bonds. The van der Waals surface area contributed by atoms with Crippen LogP contribution in [0, 0.1) is 6.92 Å². The molecule has 0 bridgehead atoms. The van der Waals surface area contributed by atoms with Crippen LogP contribution in [-0.4, -0.2) is 43.8 Å². The molecular formula is C25H27NO4. The normalized spacial score (nSPS) is 26.9. The lowest BCUT2D eigenvalue weighted by Crippen LogP contribution is -2.43. The van der Waals surface area contributed by atoms with Crippen molar-refractivity contribution in [3.63, 3.8) is 0 Å². The van der Waals surface area contributed by atoms with Crippen molar-refractivity contribution >= 4 is 5.97 Å². The van der Waals surface area contributed by atoms with Crippen molar-refractivity contribution in [1.29, 1.82) is 0 Å². The summed E-state index contributed by atoms with van der Waals surface area (Å²) in [6.45, 7) is 3.84. The Hall–Kier alpha value is -2.79. The summed E-state index contributed by atoms with van der Waals surface area (Å²) < 4.78 is 17.9. The number of nitrogens with zero attached hydrogens (tertiary/aromatic N) is 1. The van der Waals surface area contributed by atoms with E-state index in [4.69, 9.17) is 14.2 Å². The number of rotatable bonds is 3. The molecule has 156 valence electrons. The van der Waals surface area contributed by atoms with Gasteiger partial charge < -0.3 is 19.1 Å². The average Bonchev–Trinajstić information content (AvgIpc) is 2.99. The first kappa shape index (κ1) is 19.2. The van der Waals surface area contributed by atoms with Crippen LogP contribution >= 0.6 is 0 Å². The highest BCUT2D eigenvalue weighted by Gasteiger charge is 2.53. The zero-order valence-electron chi connectivity index (χ0n) is 17.7. The second-order valence-corrected chi connectivity index (χ2v) is 8.67. The van der Waals surface area contributed by atoms with Crippen molar-refractivity contribution in [2.24, 2.45) is 0 Å². The average molecular weight is 405 g/mol. The van der Waals surface area contributed by atoms with Gasteiger partial charge in [0, 0.05) is 18.5 Å². The van der Waals surface area contributed by atoms with Gasteiger partial charge in [0.2, 0.25) is 0 Å². The second kappa shape index (κ2) is 7.17. The predicted molar refractivity (Wildman–Crippen MR) is 114 cm³/mol. The van der Waals surface area contributed by atoms with Crippen LogP contribution in [-0.2, 0) is 16.7 Å². The van der Waals surface area contributed by atoms with Crippen LogP contribution in [0.1, 0.15) is 39.9 Å². The van der Waals surface area contributed by atoms with Crippen LogP contribution in [0.4, 0.5) is 0 Å². The molecule has 5 heteroatoms. The Labute approximate surface area is 177 Å². The summed E-state index contributed by atoms with van der Waals surface area (Å²) in [4.78, 5) is 15.0. The lowest BCUT2D eigenvalue weighted by molar-refractivity contribution is 0.0218. The Morgan fingerprint density at radius 3 is 2.93 bits per heavy atom. The number of benzene rings is 2. The Morgan fingerprint density at radius 1 is 1.27 bits per heavy atom. The first-order chi connectivity index (χ1) is 14.5. The SMILES string of the molecule is COc1ccc2c3c1O[C@H]1C[C@@H](OC(=O)c4cccc(C)c4)C=C[C@@]31CCN(C)C2. The van der Waals surface area contributed by atoms with Gasteiger partial charge in [-0.05, 0) is 56.8 Å².